The predicted octanol–water partition coefficient (Wildman–Crippen LogP) is 3.44. The van der Waals surface area contributed by atoms with Gasteiger partial charge in [-0.2, -0.15) is 0 Å². The van der Waals surface area contributed by atoms with E-state index in [1.54, 1.807) is 30.6 Å². The van der Waals surface area contributed by atoms with E-state index in [1.165, 1.54) is 6.07 Å². The third kappa shape index (κ3) is 1.76. The van der Waals surface area contributed by atoms with E-state index in [-0.39, 0.29) is 5.82 Å². The van der Waals surface area contributed by atoms with Crippen LogP contribution in [0.3, 0.4) is 0 Å². The fraction of sp³-hybridized carbons (Fsp3) is 0. The minimum Gasteiger partial charge on any atom is -0.256 e. The second-order valence-electron chi connectivity index (χ2n) is 3.75. The van der Waals surface area contributed by atoms with Crippen molar-refractivity contribution in [3.63, 3.8) is 0 Å². The molecule has 0 spiro atoms. The third-order valence-electron chi connectivity index (χ3n) is 2.63. The number of hydrogen-bond acceptors (Lipinski definition) is 2. The van der Waals surface area contributed by atoms with Gasteiger partial charge in [-0.15, -0.1) is 0 Å². The van der Waals surface area contributed by atoms with Crippen molar-refractivity contribution in [2.24, 2.45) is 0 Å². The highest BCUT2D eigenvalue weighted by Crippen LogP contribution is 2.22. The highest BCUT2D eigenvalue weighted by atomic mass is 19.1. The standard InChI is InChI=1S/C14H9FN2/c15-12-4-3-6-14-11(12)8-10(9-17-14)13-5-1-2-7-16-13/h1-9H. The molecule has 0 saturated heterocycles. The normalized spacial score (nSPS) is 10.6. The van der Waals surface area contributed by atoms with Crippen LogP contribution >= 0.6 is 0 Å². The fourth-order valence-corrected chi connectivity index (χ4v) is 1.79. The Morgan fingerprint density at radius 1 is 0.941 bits per heavy atom. The first kappa shape index (κ1) is 9.90. The number of halogens is 1. The maximum atomic E-state index is 13.6. The molecule has 0 radical (unpaired) electrons. The van der Waals surface area contributed by atoms with Gasteiger partial charge in [0, 0.05) is 23.3 Å². The summed E-state index contributed by atoms with van der Waals surface area (Å²) < 4.78 is 13.6. The van der Waals surface area contributed by atoms with E-state index < -0.39 is 0 Å². The number of nitrogens with zero attached hydrogens (tertiary/aromatic N) is 2. The summed E-state index contributed by atoms with van der Waals surface area (Å²) in [6.45, 7) is 0. The Labute approximate surface area is 97.8 Å². The van der Waals surface area contributed by atoms with E-state index >= 15 is 0 Å². The Balaban J connectivity index is 2.23. The van der Waals surface area contributed by atoms with Crippen LogP contribution in [0, 0.1) is 5.82 Å². The lowest BCUT2D eigenvalue weighted by molar-refractivity contribution is 0.639. The number of rotatable bonds is 1. The first-order chi connectivity index (χ1) is 8.34. The summed E-state index contributed by atoms with van der Waals surface area (Å²) >= 11 is 0. The van der Waals surface area contributed by atoms with Crippen molar-refractivity contribution in [2.45, 2.75) is 0 Å². The van der Waals surface area contributed by atoms with Gasteiger partial charge >= 0.3 is 0 Å². The van der Waals surface area contributed by atoms with Crippen LogP contribution in [0.4, 0.5) is 4.39 Å². The lowest BCUT2D eigenvalue weighted by Crippen LogP contribution is -1.87. The summed E-state index contributed by atoms with van der Waals surface area (Å²) in [5.41, 5.74) is 2.28. The summed E-state index contributed by atoms with van der Waals surface area (Å²) in [6, 6.07) is 12.3. The Kier molecular flexibility index (Phi) is 2.29. The summed E-state index contributed by atoms with van der Waals surface area (Å²) in [6.07, 6.45) is 3.42. The molecular formula is C14H9FN2. The van der Waals surface area contributed by atoms with Crippen molar-refractivity contribution < 1.29 is 4.39 Å². The molecule has 2 heterocycles. The Morgan fingerprint density at radius 3 is 2.71 bits per heavy atom. The first-order valence-corrected chi connectivity index (χ1v) is 5.30. The predicted molar refractivity (Wildman–Crippen MR) is 64.9 cm³/mol. The molecule has 0 aliphatic heterocycles. The Hall–Kier alpha value is -2.29. The largest absolute Gasteiger partial charge is 0.256 e. The van der Waals surface area contributed by atoms with Crippen LogP contribution in [0.25, 0.3) is 22.2 Å². The molecule has 0 N–H and O–H groups in total. The lowest BCUT2D eigenvalue weighted by Gasteiger charge is -2.03. The van der Waals surface area contributed by atoms with Gasteiger partial charge in [0.2, 0.25) is 0 Å². The summed E-state index contributed by atoms with van der Waals surface area (Å²) in [5.74, 6) is -0.257. The average molecular weight is 224 g/mol. The smallest absolute Gasteiger partial charge is 0.132 e. The van der Waals surface area contributed by atoms with E-state index in [4.69, 9.17) is 0 Å². The van der Waals surface area contributed by atoms with E-state index in [0.29, 0.717) is 10.9 Å². The topological polar surface area (TPSA) is 25.8 Å². The van der Waals surface area contributed by atoms with E-state index in [1.807, 2.05) is 18.2 Å². The van der Waals surface area contributed by atoms with Crippen LogP contribution in [-0.4, -0.2) is 9.97 Å². The number of aromatic nitrogens is 2. The molecule has 0 unspecified atom stereocenters. The van der Waals surface area contributed by atoms with Gasteiger partial charge in [-0.05, 0) is 30.3 Å². The molecule has 0 aliphatic carbocycles. The molecule has 1 aromatic carbocycles. The van der Waals surface area contributed by atoms with Crippen molar-refractivity contribution in [3.05, 3.63) is 60.7 Å². The zero-order valence-electron chi connectivity index (χ0n) is 8.97. The lowest BCUT2D eigenvalue weighted by atomic mass is 10.1. The van der Waals surface area contributed by atoms with Gasteiger partial charge in [0.05, 0.1) is 11.2 Å². The molecule has 0 atom stereocenters. The van der Waals surface area contributed by atoms with Crippen molar-refractivity contribution in [1.82, 2.24) is 9.97 Å². The van der Waals surface area contributed by atoms with E-state index in [0.717, 1.165) is 11.3 Å². The van der Waals surface area contributed by atoms with Gasteiger partial charge < -0.3 is 0 Å². The van der Waals surface area contributed by atoms with Crippen molar-refractivity contribution in [2.75, 3.05) is 0 Å². The molecule has 3 rings (SSSR count). The minimum absolute atomic E-state index is 0.257. The summed E-state index contributed by atoms with van der Waals surface area (Å²) in [5, 5.41) is 0.524. The number of hydrogen-bond donors (Lipinski definition) is 0. The maximum absolute atomic E-state index is 13.6. The molecule has 82 valence electrons. The van der Waals surface area contributed by atoms with E-state index in [2.05, 4.69) is 9.97 Å². The fourth-order valence-electron chi connectivity index (χ4n) is 1.79. The number of pyridine rings is 2. The van der Waals surface area contributed by atoms with Crippen LogP contribution in [0.2, 0.25) is 0 Å². The average Bonchev–Trinajstić information content (AvgIpc) is 2.40. The Bertz CT molecular complexity index is 665. The minimum atomic E-state index is -0.257. The van der Waals surface area contributed by atoms with Gasteiger partial charge in [-0.1, -0.05) is 12.1 Å². The second kappa shape index (κ2) is 3.94. The molecule has 0 saturated carbocycles. The summed E-state index contributed by atoms with van der Waals surface area (Å²) in [4.78, 5) is 8.46. The van der Waals surface area contributed by atoms with Crippen LogP contribution in [0.15, 0.2) is 54.9 Å². The monoisotopic (exact) mass is 224 g/mol. The molecule has 2 nitrogen and oxygen atoms in total. The van der Waals surface area contributed by atoms with Gasteiger partial charge in [0.1, 0.15) is 5.82 Å². The molecule has 3 heteroatoms. The first-order valence-electron chi connectivity index (χ1n) is 5.30. The summed E-state index contributed by atoms with van der Waals surface area (Å²) in [7, 11) is 0. The van der Waals surface area contributed by atoms with Crippen LogP contribution in [0.5, 0.6) is 0 Å². The highest BCUT2D eigenvalue weighted by Gasteiger charge is 2.04. The molecule has 0 fully saturated rings. The van der Waals surface area contributed by atoms with E-state index in [9.17, 15) is 4.39 Å². The zero-order chi connectivity index (χ0) is 11.7. The van der Waals surface area contributed by atoms with Crippen molar-refractivity contribution in [3.8, 4) is 11.3 Å². The van der Waals surface area contributed by atoms with Gasteiger partial charge in [0.15, 0.2) is 0 Å². The van der Waals surface area contributed by atoms with Crippen molar-refractivity contribution >= 4 is 10.9 Å². The molecule has 17 heavy (non-hydrogen) atoms. The SMILES string of the molecule is Fc1cccc2ncc(-c3ccccn3)cc12. The molecule has 0 amide bonds. The second-order valence-corrected chi connectivity index (χ2v) is 3.75. The number of benzene rings is 1. The van der Waals surface area contributed by atoms with Crippen LogP contribution in [-0.2, 0) is 0 Å². The molecule has 3 aromatic rings. The van der Waals surface area contributed by atoms with Gasteiger partial charge in [0.25, 0.3) is 0 Å². The Morgan fingerprint density at radius 2 is 1.88 bits per heavy atom. The molecule has 2 aromatic heterocycles. The maximum Gasteiger partial charge on any atom is 0.132 e. The number of fused-ring (bicyclic) bond motifs is 1. The van der Waals surface area contributed by atoms with Gasteiger partial charge in [-0.25, -0.2) is 4.39 Å². The third-order valence-corrected chi connectivity index (χ3v) is 2.63. The highest BCUT2D eigenvalue weighted by molar-refractivity contribution is 5.83. The van der Waals surface area contributed by atoms with Crippen molar-refractivity contribution in [1.29, 1.82) is 0 Å². The van der Waals surface area contributed by atoms with Crippen LogP contribution < -0.4 is 0 Å². The molecule has 0 aliphatic rings. The quantitative estimate of drug-likeness (QED) is 0.632. The molecule has 0 bridgehead atoms. The van der Waals surface area contributed by atoms with Crippen LogP contribution in [0.1, 0.15) is 0 Å². The zero-order valence-corrected chi connectivity index (χ0v) is 8.97. The molecular weight excluding hydrogens is 215 g/mol. The van der Waals surface area contributed by atoms with Gasteiger partial charge in [-0.3, -0.25) is 9.97 Å².